The van der Waals surface area contributed by atoms with Crippen molar-refractivity contribution in [1.29, 1.82) is 0 Å². The molecule has 2 N–H and O–H groups in total. The highest BCUT2D eigenvalue weighted by Crippen LogP contribution is 2.27. The smallest absolute Gasteiger partial charge is 0.251 e. The van der Waals surface area contributed by atoms with E-state index in [2.05, 4.69) is 25.5 Å². The van der Waals surface area contributed by atoms with Crippen LogP contribution < -0.4 is 10.9 Å². The Balaban J connectivity index is 0.00000182. The Morgan fingerprint density at radius 3 is 2.76 bits per heavy atom. The predicted molar refractivity (Wildman–Crippen MR) is 95.3 cm³/mol. The van der Waals surface area contributed by atoms with Gasteiger partial charge in [0.05, 0.1) is 17.5 Å². The zero-order valence-corrected chi connectivity index (χ0v) is 15.0. The SMILES string of the molecule is CC(C)c1nc(-c2cnn3c(C4CCNCC4)cc(=O)[nH]c23)no1.Cl. The fraction of sp³-hybridized carbons (Fsp3) is 0.500. The van der Waals surface area contributed by atoms with Crippen LogP contribution in [0.1, 0.15) is 50.1 Å². The number of rotatable bonds is 3. The summed E-state index contributed by atoms with van der Waals surface area (Å²) in [5, 5.41) is 11.8. The third kappa shape index (κ3) is 3.19. The average Bonchev–Trinajstić information content (AvgIpc) is 3.21. The Bertz CT molecular complexity index is 922. The maximum Gasteiger partial charge on any atom is 0.251 e. The van der Waals surface area contributed by atoms with Crippen molar-refractivity contribution in [3.05, 3.63) is 34.2 Å². The summed E-state index contributed by atoms with van der Waals surface area (Å²) in [6.07, 6.45) is 3.67. The van der Waals surface area contributed by atoms with Gasteiger partial charge in [-0.3, -0.25) is 4.79 Å². The molecule has 4 rings (SSSR count). The van der Waals surface area contributed by atoms with Crippen LogP contribution in [0.5, 0.6) is 0 Å². The Kier molecular flexibility index (Phi) is 4.91. The molecule has 0 saturated carbocycles. The Hall–Kier alpha value is -2.19. The first-order chi connectivity index (χ1) is 11.6. The molecule has 3 aromatic heterocycles. The third-order valence-electron chi connectivity index (χ3n) is 4.47. The molecule has 1 aliphatic heterocycles. The molecule has 3 aromatic rings. The van der Waals surface area contributed by atoms with E-state index in [0.717, 1.165) is 31.6 Å². The number of hydrogen-bond donors (Lipinski definition) is 2. The number of H-pyrrole nitrogens is 1. The van der Waals surface area contributed by atoms with E-state index in [-0.39, 0.29) is 23.9 Å². The number of aromatic amines is 1. The maximum atomic E-state index is 12.2. The summed E-state index contributed by atoms with van der Waals surface area (Å²) >= 11 is 0. The van der Waals surface area contributed by atoms with Crippen molar-refractivity contribution >= 4 is 18.1 Å². The zero-order chi connectivity index (χ0) is 16.7. The topological polar surface area (TPSA) is 101 Å². The van der Waals surface area contributed by atoms with Crippen LogP contribution in [-0.2, 0) is 0 Å². The van der Waals surface area contributed by atoms with Crippen molar-refractivity contribution in [1.82, 2.24) is 30.1 Å². The Morgan fingerprint density at radius 2 is 2.08 bits per heavy atom. The monoisotopic (exact) mass is 364 g/mol. The molecule has 0 amide bonds. The second kappa shape index (κ2) is 6.97. The van der Waals surface area contributed by atoms with Crippen molar-refractivity contribution in [2.24, 2.45) is 0 Å². The highest BCUT2D eigenvalue weighted by atomic mass is 35.5. The molecule has 134 valence electrons. The highest BCUT2D eigenvalue weighted by molar-refractivity contribution is 5.85. The van der Waals surface area contributed by atoms with E-state index in [1.54, 1.807) is 16.8 Å². The Morgan fingerprint density at radius 1 is 1.32 bits per heavy atom. The van der Waals surface area contributed by atoms with Gasteiger partial charge in [0.1, 0.15) is 5.65 Å². The molecular weight excluding hydrogens is 344 g/mol. The lowest BCUT2D eigenvalue weighted by atomic mass is 9.94. The zero-order valence-electron chi connectivity index (χ0n) is 14.2. The molecule has 1 fully saturated rings. The van der Waals surface area contributed by atoms with E-state index in [1.807, 2.05) is 13.8 Å². The second-order valence-electron chi connectivity index (χ2n) is 6.51. The number of nitrogens with one attached hydrogen (secondary N) is 2. The molecule has 25 heavy (non-hydrogen) atoms. The number of aromatic nitrogens is 5. The minimum Gasteiger partial charge on any atom is -0.339 e. The van der Waals surface area contributed by atoms with Gasteiger partial charge >= 0.3 is 0 Å². The molecule has 0 aromatic carbocycles. The van der Waals surface area contributed by atoms with Gasteiger partial charge < -0.3 is 14.8 Å². The van der Waals surface area contributed by atoms with E-state index < -0.39 is 0 Å². The van der Waals surface area contributed by atoms with Crippen LogP contribution in [0.25, 0.3) is 17.0 Å². The van der Waals surface area contributed by atoms with Gasteiger partial charge in [-0.1, -0.05) is 19.0 Å². The molecule has 0 unspecified atom stereocenters. The number of piperidine rings is 1. The van der Waals surface area contributed by atoms with Crippen molar-refractivity contribution in [3.8, 4) is 11.4 Å². The summed E-state index contributed by atoms with van der Waals surface area (Å²) in [6.45, 7) is 5.89. The molecule has 0 spiro atoms. The lowest BCUT2D eigenvalue weighted by Gasteiger charge is -2.23. The molecule has 4 heterocycles. The van der Waals surface area contributed by atoms with Crippen LogP contribution in [0.4, 0.5) is 0 Å². The minimum absolute atomic E-state index is 0. The fourth-order valence-corrected chi connectivity index (χ4v) is 3.16. The normalized spacial score (nSPS) is 15.6. The van der Waals surface area contributed by atoms with Crippen LogP contribution in [0.2, 0.25) is 0 Å². The number of hydrogen-bond acceptors (Lipinski definition) is 6. The van der Waals surface area contributed by atoms with Gasteiger partial charge in [0.25, 0.3) is 5.56 Å². The van der Waals surface area contributed by atoms with E-state index >= 15 is 0 Å². The molecule has 8 nitrogen and oxygen atoms in total. The van der Waals surface area contributed by atoms with E-state index in [1.165, 1.54) is 0 Å². The molecule has 1 aliphatic rings. The molecule has 0 bridgehead atoms. The molecule has 9 heteroatoms. The first-order valence-corrected chi connectivity index (χ1v) is 8.29. The number of nitrogens with zero attached hydrogens (tertiary/aromatic N) is 4. The van der Waals surface area contributed by atoms with Gasteiger partial charge in [-0.15, -0.1) is 12.4 Å². The molecule has 0 atom stereocenters. The van der Waals surface area contributed by atoms with E-state index in [4.69, 9.17) is 4.52 Å². The fourth-order valence-electron chi connectivity index (χ4n) is 3.16. The standard InChI is InChI=1S/C16H20N6O2.ClH/c1-9(2)16-20-14(21-24-16)11-8-18-22-12(7-13(23)19-15(11)22)10-3-5-17-6-4-10;/h7-10,17H,3-6H2,1-2H3,(H,19,23);1H. The predicted octanol–water partition coefficient (Wildman–Crippen LogP) is 2.08. The van der Waals surface area contributed by atoms with Gasteiger partial charge in [0, 0.05) is 17.9 Å². The van der Waals surface area contributed by atoms with E-state index in [9.17, 15) is 4.79 Å². The average molecular weight is 365 g/mol. The van der Waals surface area contributed by atoms with Crippen LogP contribution in [0.15, 0.2) is 21.6 Å². The second-order valence-corrected chi connectivity index (χ2v) is 6.51. The van der Waals surface area contributed by atoms with Gasteiger partial charge in [0.15, 0.2) is 0 Å². The van der Waals surface area contributed by atoms with Gasteiger partial charge in [-0.05, 0) is 25.9 Å². The Labute approximate surface area is 150 Å². The molecular formula is C16H21ClN6O2. The van der Waals surface area contributed by atoms with Crippen molar-refractivity contribution in [2.75, 3.05) is 13.1 Å². The van der Waals surface area contributed by atoms with Crippen LogP contribution >= 0.6 is 12.4 Å². The minimum atomic E-state index is -0.134. The van der Waals surface area contributed by atoms with Crippen LogP contribution in [0.3, 0.4) is 0 Å². The van der Waals surface area contributed by atoms with Crippen LogP contribution in [0, 0.1) is 0 Å². The van der Waals surface area contributed by atoms with Gasteiger partial charge in [-0.25, -0.2) is 4.52 Å². The first kappa shape index (κ1) is 17.6. The van der Waals surface area contributed by atoms with Crippen molar-refractivity contribution < 1.29 is 4.52 Å². The lowest BCUT2D eigenvalue weighted by molar-refractivity contribution is 0.365. The third-order valence-corrected chi connectivity index (χ3v) is 4.47. The summed E-state index contributed by atoms with van der Waals surface area (Å²) in [5.41, 5.74) is 2.10. The molecule has 0 radical (unpaired) electrons. The molecule has 0 aliphatic carbocycles. The van der Waals surface area contributed by atoms with Crippen molar-refractivity contribution in [2.45, 2.75) is 38.5 Å². The quantitative estimate of drug-likeness (QED) is 0.737. The first-order valence-electron chi connectivity index (χ1n) is 8.29. The van der Waals surface area contributed by atoms with Crippen molar-refractivity contribution in [3.63, 3.8) is 0 Å². The summed E-state index contributed by atoms with van der Waals surface area (Å²) < 4.78 is 7.08. The van der Waals surface area contributed by atoms with Crippen LogP contribution in [-0.4, -0.2) is 37.8 Å². The van der Waals surface area contributed by atoms with E-state index in [0.29, 0.717) is 28.8 Å². The number of halogens is 1. The summed E-state index contributed by atoms with van der Waals surface area (Å²) in [5.74, 6) is 1.49. The largest absolute Gasteiger partial charge is 0.339 e. The highest BCUT2D eigenvalue weighted by Gasteiger charge is 2.22. The molecule has 1 saturated heterocycles. The lowest BCUT2D eigenvalue weighted by Crippen LogP contribution is -2.28. The van der Waals surface area contributed by atoms with Gasteiger partial charge in [-0.2, -0.15) is 10.1 Å². The maximum absolute atomic E-state index is 12.2. The summed E-state index contributed by atoms with van der Waals surface area (Å²) in [6, 6.07) is 1.65. The summed E-state index contributed by atoms with van der Waals surface area (Å²) in [7, 11) is 0. The summed E-state index contributed by atoms with van der Waals surface area (Å²) in [4.78, 5) is 19.4. The number of fused-ring (bicyclic) bond motifs is 1. The van der Waals surface area contributed by atoms with Gasteiger partial charge in [0.2, 0.25) is 11.7 Å².